The molecule has 0 spiro atoms. The van der Waals surface area contributed by atoms with Crippen LogP contribution in [0.15, 0.2) is 18.2 Å². The molecule has 1 amide bonds. The predicted molar refractivity (Wildman–Crippen MR) is 73.3 cm³/mol. The number of piperazine rings is 1. The van der Waals surface area contributed by atoms with Gasteiger partial charge < -0.3 is 10.0 Å². The van der Waals surface area contributed by atoms with E-state index in [1.165, 1.54) is 11.6 Å². The molecular formula is C15H19FN2O2. The first-order valence-electron chi connectivity index (χ1n) is 7.03. The second kappa shape index (κ2) is 5.05. The fourth-order valence-electron chi connectivity index (χ4n) is 3.46. The molecule has 2 bridgehead atoms. The molecule has 5 heteroatoms. The van der Waals surface area contributed by atoms with Crippen molar-refractivity contribution in [1.29, 1.82) is 0 Å². The van der Waals surface area contributed by atoms with Crippen molar-refractivity contribution >= 4 is 6.09 Å². The molecule has 1 aromatic rings. The van der Waals surface area contributed by atoms with Crippen LogP contribution in [0.4, 0.5) is 9.18 Å². The molecule has 2 aliphatic heterocycles. The second-order valence-electron chi connectivity index (χ2n) is 5.79. The van der Waals surface area contributed by atoms with Crippen LogP contribution in [-0.4, -0.2) is 52.7 Å². The number of benzene rings is 1. The van der Waals surface area contributed by atoms with E-state index in [1.54, 1.807) is 11.0 Å². The minimum Gasteiger partial charge on any atom is -0.465 e. The van der Waals surface area contributed by atoms with Gasteiger partial charge in [-0.1, -0.05) is 6.07 Å². The zero-order chi connectivity index (χ0) is 14.3. The average Bonchev–Trinajstić information content (AvgIpc) is 2.97. The minimum atomic E-state index is -0.800. The minimum absolute atomic E-state index is 0.159. The Bertz CT molecular complexity index is 535. The molecule has 0 saturated carbocycles. The highest BCUT2D eigenvalue weighted by atomic mass is 19.1. The molecule has 2 fully saturated rings. The van der Waals surface area contributed by atoms with E-state index in [2.05, 4.69) is 4.90 Å². The maximum atomic E-state index is 13.1. The molecule has 1 N–H and O–H groups in total. The number of rotatable bonds is 3. The van der Waals surface area contributed by atoms with Crippen molar-refractivity contribution < 1.29 is 14.3 Å². The molecule has 2 saturated heterocycles. The summed E-state index contributed by atoms with van der Waals surface area (Å²) >= 11 is 0. The number of likely N-dealkylation sites (tertiary alicyclic amines) is 2. The number of nitrogens with zero attached hydrogens (tertiary/aromatic N) is 2. The van der Waals surface area contributed by atoms with Crippen LogP contribution >= 0.6 is 0 Å². The highest BCUT2D eigenvalue weighted by Gasteiger charge is 2.44. The Morgan fingerprint density at radius 3 is 2.80 bits per heavy atom. The monoisotopic (exact) mass is 278 g/mol. The molecule has 2 heterocycles. The van der Waals surface area contributed by atoms with Gasteiger partial charge in [-0.05, 0) is 43.0 Å². The number of hydrogen-bond donors (Lipinski definition) is 1. The molecular weight excluding hydrogens is 259 g/mol. The van der Waals surface area contributed by atoms with Crippen molar-refractivity contribution in [3.05, 3.63) is 35.1 Å². The summed E-state index contributed by atoms with van der Waals surface area (Å²) < 4.78 is 13.1. The van der Waals surface area contributed by atoms with Gasteiger partial charge in [0, 0.05) is 31.7 Å². The summed E-state index contributed by atoms with van der Waals surface area (Å²) in [6.45, 7) is 4.31. The third kappa shape index (κ3) is 2.38. The lowest BCUT2D eigenvalue weighted by molar-refractivity contribution is 0.103. The molecule has 0 aromatic heterocycles. The van der Waals surface area contributed by atoms with E-state index >= 15 is 0 Å². The number of carboxylic acid groups (broad SMARTS) is 1. The predicted octanol–water partition coefficient (Wildman–Crippen LogP) is 2.11. The van der Waals surface area contributed by atoms with Crippen LogP contribution < -0.4 is 0 Å². The molecule has 1 aromatic carbocycles. The summed E-state index contributed by atoms with van der Waals surface area (Å²) in [6, 6.07) is 5.44. The Labute approximate surface area is 117 Å². The van der Waals surface area contributed by atoms with Crippen molar-refractivity contribution in [2.24, 2.45) is 0 Å². The van der Waals surface area contributed by atoms with E-state index in [0.717, 1.165) is 31.5 Å². The summed E-state index contributed by atoms with van der Waals surface area (Å²) in [5, 5.41) is 9.06. The lowest BCUT2D eigenvalue weighted by Crippen LogP contribution is -2.48. The van der Waals surface area contributed by atoms with E-state index in [1.807, 2.05) is 13.0 Å². The average molecular weight is 278 g/mol. The smallest absolute Gasteiger partial charge is 0.407 e. The number of aryl methyl sites for hydroxylation is 1. The first-order chi connectivity index (χ1) is 9.54. The van der Waals surface area contributed by atoms with Gasteiger partial charge in [0.1, 0.15) is 5.82 Å². The molecule has 3 rings (SSSR count). The standard InChI is InChI=1S/C15H19FN2O2/c1-10-6-12(16)3-2-11(10)4-5-17-8-14-7-13(17)9-18(14)15(19)20/h2-3,6,13-14H,4-5,7-9H2,1H3,(H,19,20). The SMILES string of the molecule is Cc1cc(F)ccc1CCN1CC2CC1CN2C(=O)O. The Morgan fingerprint density at radius 2 is 2.20 bits per heavy atom. The van der Waals surface area contributed by atoms with Gasteiger partial charge in [-0.2, -0.15) is 0 Å². The Hall–Kier alpha value is -1.62. The van der Waals surface area contributed by atoms with Gasteiger partial charge in [-0.25, -0.2) is 9.18 Å². The normalized spacial score (nSPS) is 25.4. The quantitative estimate of drug-likeness (QED) is 0.921. The molecule has 2 aliphatic rings. The molecule has 20 heavy (non-hydrogen) atoms. The fourth-order valence-corrected chi connectivity index (χ4v) is 3.46. The van der Waals surface area contributed by atoms with Crippen molar-refractivity contribution in [2.45, 2.75) is 31.8 Å². The molecule has 2 unspecified atom stereocenters. The highest BCUT2D eigenvalue weighted by molar-refractivity contribution is 5.66. The van der Waals surface area contributed by atoms with Crippen molar-refractivity contribution in [3.8, 4) is 0 Å². The van der Waals surface area contributed by atoms with Crippen LogP contribution in [0, 0.1) is 12.7 Å². The van der Waals surface area contributed by atoms with Gasteiger partial charge in [0.05, 0.1) is 0 Å². The third-order valence-electron chi connectivity index (χ3n) is 4.57. The van der Waals surface area contributed by atoms with Crippen molar-refractivity contribution in [3.63, 3.8) is 0 Å². The van der Waals surface area contributed by atoms with E-state index in [4.69, 9.17) is 5.11 Å². The maximum absolute atomic E-state index is 13.1. The molecule has 108 valence electrons. The van der Waals surface area contributed by atoms with Crippen LogP contribution in [0.2, 0.25) is 0 Å². The fraction of sp³-hybridized carbons (Fsp3) is 0.533. The molecule has 0 aliphatic carbocycles. The largest absolute Gasteiger partial charge is 0.465 e. The first kappa shape index (κ1) is 13.4. The Kier molecular flexibility index (Phi) is 3.38. The van der Waals surface area contributed by atoms with E-state index < -0.39 is 6.09 Å². The second-order valence-corrected chi connectivity index (χ2v) is 5.79. The summed E-state index contributed by atoms with van der Waals surface area (Å²) in [5.74, 6) is -0.191. The molecule has 4 nitrogen and oxygen atoms in total. The number of hydrogen-bond acceptors (Lipinski definition) is 2. The van der Waals surface area contributed by atoms with Crippen LogP contribution in [0.5, 0.6) is 0 Å². The Balaban J connectivity index is 1.58. The van der Waals surface area contributed by atoms with Crippen LogP contribution in [0.25, 0.3) is 0 Å². The highest BCUT2D eigenvalue weighted by Crippen LogP contribution is 2.30. The van der Waals surface area contributed by atoms with Crippen molar-refractivity contribution in [2.75, 3.05) is 19.6 Å². The topological polar surface area (TPSA) is 43.8 Å². The van der Waals surface area contributed by atoms with Gasteiger partial charge >= 0.3 is 6.09 Å². The van der Waals surface area contributed by atoms with E-state index in [-0.39, 0.29) is 11.9 Å². The van der Waals surface area contributed by atoms with E-state index in [0.29, 0.717) is 12.6 Å². The maximum Gasteiger partial charge on any atom is 0.407 e. The summed E-state index contributed by atoms with van der Waals surface area (Å²) in [6.07, 6.45) is 1.04. The van der Waals surface area contributed by atoms with Gasteiger partial charge in [0.2, 0.25) is 0 Å². The number of fused-ring (bicyclic) bond motifs is 2. The summed E-state index contributed by atoms with van der Waals surface area (Å²) in [5.41, 5.74) is 2.16. The molecule has 2 atom stereocenters. The molecule has 0 radical (unpaired) electrons. The van der Waals surface area contributed by atoms with Crippen LogP contribution in [-0.2, 0) is 6.42 Å². The van der Waals surface area contributed by atoms with E-state index in [9.17, 15) is 9.18 Å². The zero-order valence-electron chi connectivity index (χ0n) is 11.6. The number of carbonyl (C=O) groups is 1. The van der Waals surface area contributed by atoms with Gasteiger partial charge in [0.15, 0.2) is 0 Å². The Morgan fingerprint density at radius 1 is 1.40 bits per heavy atom. The van der Waals surface area contributed by atoms with Crippen LogP contribution in [0.1, 0.15) is 17.5 Å². The van der Waals surface area contributed by atoms with Gasteiger partial charge in [-0.3, -0.25) is 4.90 Å². The summed E-state index contributed by atoms with van der Waals surface area (Å²) in [4.78, 5) is 15.0. The van der Waals surface area contributed by atoms with Gasteiger partial charge in [0.25, 0.3) is 0 Å². The third-order valence-corrected chi connectivity index (χ3v) is 4.57. The van der Waals surface area contributed by atoms with Gasteiger partial charge in [-0.15, -0.1) is 0 Å². The summed E-state index contributed by atoms with van der Waals surface area (Å²) in [7, 11) is 0. The van der Waals surface area contributed by atoms with Crippen LogP contribution in [0.3, 0.4) is 0 Å². The number of amides is 1. The lowest BCUT2D eigenvalue weighted by Gasteiger charge is -2.32. The first-order valence-corrected chi connectivity index (χ1v) is 7.03. The lowest BCUT2D eigenvalue weighted by atomic mass is 10.1. The number of halogens is 1. The van der Waals surface area contributed by atoms with Crippen molar-refractivity contribution in [1.82, 2.24) is 9.80 Å². The zero-order valence-corrected chi connectivity index (χ0v) is 11.6.